The van der Waals surface area contributed by atoms with Crippen molar-refractivity contribution in [1.82, 2.24) is 4.90 Å². The normalized spacial score (nSPS) is 10.1. The van der Waals surface area contributed by atoms with Gasteiger partial charge in [0.2, 0.25) is 0 Å². The molecule has 0 saturated heterocycles. The van der Waals surface area contributed by atoms with E-state index in [1.165, 1.54) is 4.90 Å². The molecule has 0 aliphatic heterocycles. The number of hydrogen-bond donors (Lipinski definition) is 2. The molecule has 0 bridgehead atoms. The molecular formula is C12H14FNO4. The molecule has 0 aliphatic rings. The average molecular weight is 255 g/mol. The number of aliphatic carboxylic acids is 1. The lowest BCUT2D eigenvalue weighted by Gasteiger charge is -2.20. The highest BCUT2D eigenvalue weighted by Gasteiger charge is 2.19. The lowest BCUT2D eigenvalue weighted by Crippen LogP contribution is -2.32. The van der Waals surface area contributed by atoms with Crippen LogP contribution in [0.2, 0.25) is 0 Å². The number of benzene rings is 1. The van der Waals surface area contributed by atoms with Crippen LogP contribution in [0.15, 0.2) is 18.2 Å². The van der Waals surface area contributed by atoms with E-state index < -0.39 is 17.7 Å². The molecule has 0 atom stereocenters. The summed E-state index contributed by atoms with van der Waals surface area (Å²) in [7, 11) is 0. The topological polar surface area (TPSA) is 77.8 Å². The van der Waals surface area contributed by atoms with Gasteiger partial charge in [-0.1, -0.05) is 0 Å². The van der Waals surface area contributed by atoms with E-state index in [2.05, 4.69) is 0 Å². The Morgan fingerprint density at radius 1 is 1.39 bits per heavy atom. The number of rotatable bonds is 5. The summed E-state index contributed by atoms with van der Waals surface area (Å²) in [4.78, 5) is 23.7. The molecule has 0 radical (unpaired) electrons. The fraction of sp³-hybridized carbons (Fsp3) is 0.333. The number of phenolic OH excluding ortho intramolecular Hbond substituents is 1. The van der Waals surface area contributed by atoms with Crippen molar-refractivity contribution in [2.24, 2.45) is 0 Å². The van der Waals surface area contributed by atoms with Gasteiger partial charge in [-0.05, 0) is 25.1 Å². The Labute approximate surface area is 103 Å². The van der Waals surface area contributed by atoms with E-state index in [9.17, 15) is 19.1 Å². The Morgan fingerprint density at radius 3 is 2.61 bits per heavy atom. The number of halogens is 1. The second-order valence-electron chi connectivity index (χ2n) is 3.69. The number of carboxylic acids is 1. The van der Waals surface area contributed by atoms with Crippen LogP contribution >= 0.6 is 0 Å². The first-order valence-electron chi connectivity index (χ1n) is 5.45. The van der Waals surface area contributed by atoms with Crippen molar-refractivity contribution in [3.63, 3.8) is 0 Å². The Kier molecular flexibility index (Phi) is 4.65. The number of hydrogen-bond acceptors (Lipinski definition) is 3. The van der Waals surface area contributed by atoms with Gasteiger partial charge >= 0.3 is 5.97 Å². The molecule has 0 aliphatic carbocycles. The Bertz CT molecular complexity index is 461. The fourth-order valence-electron chi connectivity index (χ4n) is 1.48. The van der Waals surface area contributed by atoms with Crippen molar-refractivity contribution >= 4 is 11.9 Å². The van der Waals surface area contributed by atoms with Crippen molar-refractivity contribution in [3.8, 4) is 5.75 Å². The van der Waals surface area contributed by atoms with Crippen LogP contribution in [-0.4, -0.2) is 40.1 Å². The molecule has 5 nitrogen and oxygen atoms in total. The summed E-state index contributed by atoms with van der Waals surface area (Å²) in [6, 6.07) is 3.06. The lowest BCUT2D eigenvalue weighted by atomic mass is 10.1. The van der Waals surface area contributed by atoms with Gasteiger partial charge in [0.25, 0.3) is 5.91 Å². The maximum Gasteiger partial charge on any atom is 0.305 e. The van der Waals surface area contributed by atoms with E-state index >= 15 is 0 Å². The predicted molar refractivity (Wildman–Crippen MR) is 61.9 cm³/mol. The van der Waals surface area contributed by atoms with E-state index in [0.717, 1.165) is 18.2 Å². The highest BCUT2D eigenvalue weighted by molar-refractivity contribution is 5.97. The van der Waals surface area contributed by atoms with Crippen molar-refractivity contribution in [3.05, 3.63) is 29.6 Å². The summed E-state index contributed by atoms with van der Waals surface area (Å²) in [5, 5.41) is 18.1. The van der Waals surface area contributed by atoms with E-state index in [4.69, 9.17) is 5.11 Å². The van der Waals surface area contributed by atoms with Gasteiger partial charge in [-0.15, -0.1) is 0 Å². The molecule has 0 saturated carbocycles. The smallest absolute Gasteiger partial charge is 0.305 e. The molecule has 0 spiro atoms. The predicted octanol–water partition coefficient (Wildman–Crippen LogP) is 1.47. The third-order valence-corrected chi connectivity index (χ3v) is 2.45. The summed E-state index contributed by atoms with van der Waals surface area (Å²) in [6.45, 7) is 1.97. The van der Waals surface area contributed by atoms with E-state index in [1.54, 1.807) is 6.92 Å². The minimum absolute atomic E-state index is 0.0145. The molecule has 18 heavy (non-hydrogen) atoms. The SMILES string of the molecule is CCN(CCC(=O)O)C(=O)c1cc(F)ccc1O. The molecule has 2 N–H and O–H groups in total. The zero-order valence-electron chi connectivity index (χ0n) is 9.89. The standard InChI is InChI=1S/C12H14FNO4/c1-2-14(6-5-11(16)17)12(18)9-7-8(13)3-4-10(9)15/h3-4,7,15H,2,5-6H2,1H3,(H,16,17). The molecular weight excluding hydrogens is 241 g/mol. The molecule has 98 valence electrons. The summed E-state index contributed by atoms with van der Waals surface area (Å²) in [5.41, 5.74) is -0.165. The highest BCUT2D eigenvalue weighted by atomic mass is 19.1. The summed E-state index contributed by atoms with van der Waals surface area (Å²) in [6.07, 6.45) is -0.199. The number of nitrogens with zero attached hydrogens (tertiary/aromatic N) is 1. The quantitative estimate of drug-likeness (QED) is 0.835. The summed E-state index contributed by atoms with van der Waals surface area (Å²) in [5.74, 6) is -2.57. The molecule has 1 aromatic carbocycles. The minimum atomic E-state index is -1.02. The van der Waals surface area contributed by atoms with Gasteiger partial charge in [0.05, 0.1) is 12.0 Å². The van der Waals surface area contributed by atoms with E-state index in [0.29, 0.717) is 0 Å². The van der Waals surface area contributed by atoms with Gasteiger partial charge in [-0.25, -0.2) is 4.39 Å². The van der Waals surface area contributed by atoms with Gasteiger partial charge < -0.3 is 15.1 Å². The maximum absolute atomic E-state index is 13.0. The molecule has 1 rings (SSSR count). The van der Waals surface area contributed by atoms with Crippen LogP contribution < -0.4 is 0 Å². The molecule has 0 fully saturated rings. The van der Waals surface area contributed by atoms with Crippen LogP contribution in [0.25, 0.3) is 0 Å². The summed E-state index contributed by atoms with van der Waals surface area (Å²) >= 11 is 0. The first-order valence-corrected chi connectivity index (χ1v) is 5.45. The van der Waals surface area contributed by atoms with Crippen LogP contribution in [0, 0.1) is 5.82 Å². The summed E-state index contributed by atoms with van der Waals surface area (Å²) < 4.78 is 13.0. The largest absolute Gasteiger partial charge is 0.507 e. The van der Waals surface area contributed by atoms with Crippen LogP contribution in [-0.2, 0) is 4.79 Å². The number of phenols is 1. The number of carbonyl (C=O) groups excluding carboxylic acids is 1. The van der Waals surface area contributed by atoms with E-state index in [1.807, 2.05) is 0 Å². The van der Waals surface area contributed by atoms with E-state index in [-0.39, 0.29) is 30.8 Å². The zero-order chi connectivity index (χ0) is 13.7. The van der Waals surface area contributed by atoms with Crippen molar-refractivity contribution in [2.45, 2.75) is 13.3 Å². The molecule has 1 amide bonds. The van der Waals surface area contributed by atoms with Gasteiger partial charge in [-0.2, -0.15) is 0 Å². The fourth-order valence-corrected chi connectivity index (χ4v) is 1.48. The molecule has 0 unspecified atom stereocenters. The number of amides is 1. The average Bonchev–Trinajstić information content (AvgIpc) is 2.32. The second kappa shape index (κ2) is 6.00. The van der Waals surface area contributed by atoms with Crippen LogP contribution in [0.3, 0.4) is 0 Å². The molecule has 1 aromatic rings. The first kappa shape index (κ1) is 14.0. The lowest BCUT2D eigenvalue weighted by molar-refractivity contribution is -0.137. The van der Waals surface area contributed by atoms with Gasteiger partial charge in [0.15, 0.2) is 0 Å². The van der Waals surface area contributed by atoms with Crippen molar-refractivity contribution in [2.75, 3.05) is 13.1 Å². The Morgan fingerprint density at radius 2 is 2.06 bits per heavy atom. The number of aromatic hydroxyl groups is 1. The molecule has 6 heteroatoms. The monoisotopic (exact) mass is 255 g/mol. The Hall–Kier alpha value is -2.11. The third-order valence-electron chi connectivity index (χ3n) is 2.45. The van der Waals surface area contributed by atoms with Crippen LogP contribution in [0.4, 0.5) is 4.39 Å². The minimum Gasteiger partial charge on any atom is -0.507 e. The first-order chi connectivity index (χ1) is 8.45. The van der Waals surface area contributed by atoms with Gasteiger partial charge in [-0.3, -0.25) is 9.59 Å². The Balaban J connectivity index is 2.89. The third kappa shape index (κ3) is 3.44. The maximum atomic E-state index is 13.0. The highest BCUT2D eigenvalue weighted by Crippen LogP contribution is 2.19. The van der Waals surface area contributed by atoms with Crippen LogP contribution in [0.5, 0.6) is 5.75 Å². The van der Waals surface area contributed by atoms with Crippen molar-refractivity contribution in [1.29, 1.82) is 0 Å². The number of carboxylic acid groups (broad SMARTS) is 1. The molecule has 0 aromatic heterocycles. The number of carbonyl (C=O) groups is 2. The van der Waals surface area contributed by atoms with Gasteiger partial charge in [0.1, 0.15) is 11.6 Å². The van der Waals surface area contributed by atoms with Crippen molar-refractivity contribution < 1.29 is 24.2 Å². The second-order valence-corrected chi connectivity index (χ2v) is 3.69. The zero-order valence-corrected chi connectivity index (χ0v) is 9.89. The molecule has 0 heterocycles. The van der Waals surface area contributed by atoms with Crippen LogP contribution in [0.1, 0.15) is 23.7 Å². The van der Waals surface area contributed by atoms with Gasteiger partial charge in [0, 0.05) is 13.1 Å².